The minimum Gasteiger partial charge on any atom is -0.494 e. The first-order valence-corrected chi connectivity index (χ1v) is 11.7. The molecule has 0 fully saturated rings. The number of ether oxygens (including phenoxy) is 1. The second kappa shape index (κ2) is 9.56. The van der Waals surface area contributed by atoms with Gasteiger partial charge in [-0.15, -0.1) is 10.2 Å². The molecule has 1 aliphatic heterocycles. The lowest BCUT2D eigenvalue weighted by Gasteiger charge is -2.33. The Morgan fingerprint density at radius 3 is 2.50 bits per heavy atom. The van der Waals surface area contributed by atoms with E-state index in [9.17, 15) is 9.18 Å². The van der Waals surface area contributed by atoms with Crippen LogP contribution >= 0.6 is 11.8 Å². The molecule has 5 rings (SSSR count). The second-order valence-corrected chi connectivity index (χ2v) is 8.76. The Morgan fingerprint density at radius 1 is 1.06 bits per heavy atom. The molecule has 4 aromatic rings. The fourth-order valence-electron chi connectivity index (χ4n) is 3.76. The summed E-state index contributed by atoms with van der Waals surface area (Å²) in [5.41, 5.74) is 5.72. The summed E-state index contributed by atoms with van der Waals surface area (Å²) in [5.74, 6) is 0.838. The Balaban J connectivity index is 1.46. The molecule has 172 valence electrons. The predicted molar refractivity (Wildman–Crippen MR) is 130 cm³/mol. The van der Waals surface area contributed by atoms with E-state index in [0.29, 0.717) is 23.3 Å². The first-order chi connectivity index (χ1) is 16.6. The van der Waals surface area contributed by atoms with E-state index in [-0.39, 0.29) is 11.7 Å². The zero-order chi connectivity index (χ0) is 23.5. The average Bonchev–Trinajstić information content (AvgIpc) is 3.29. The van der Waals surface area contributed by atoms with Crippen molar-refractivity contribution < 1.29 is 13.9 Å². The van der Waals surface area contributed by atoms with Crippen molar-refractivity contribution in [3.8, 4) is 17.1 Å². The fourth-order valence-corrected chi connectivity index (χ4v) is 4.84. The van der Waals surface area contributed by atoms with Crippen LogP contribution in [0.2, 0.25) is 0 Å². The summed E-state index contributed by atoms with van der Waals surface area (Å²) >= 11 is 1.31. The van der Waals surface area contributed by atoms with Crippen molar-refractivity contribution in [3.05, 3.63) is 90.2 Å². The highest BCUT2D eigenvalue weighted by molar-refractivity contribution is 8.00. The van der Waals surface area contributed by atoms with Gasteiger partial charge in [0.05, 0.1) is 12.6 Å². The van der Waals surface area contributed by atoms with Crippen LogP contribution in [-0.4, -0.2) is 32.6 Å². The van der Waals surface area contributed by atoms with Crippen molar-refractivity contribution in [3.63, 3.8) is 0 Å². The SMILES string of the molecule is CCOc1ccc(NC(=O)[C@@H]2Sc3nnc(-c4ccccc4)n3N[C@H]2c2ccc(F)cc2)cc1. The van der Waals surface area contributed by atoms with Crippen LogP contribution in [0.4, 0.5) is 10.1 Å². The van der Waals surface area contributed by atoms with Gasteiger partial charge in [-0.1, -0.05) is 54.2 Å². The number of aromatic nitrogens is 3. The van der Waals surface area contributed by atoms with Crippen molar-refractivity contribution in [2.24, 2.45) is 0 Å². The molecule has 0 spiro atoms. The Labute approximate surface area is 200 Å². The van der Waals surface area contributed by atoms with Crippen molar-refractivity contribution in [1.29, 1.82) is 0 Å². The minimum atomic E-state index is -0.572. The third kappa shape index (κ3) is 4.47. The normalized spacial score (nSPS) is 16.9. The molecule has 1 aromatic heterocycles. The van der Waals surface area contributed by atoms with E-state index in [0.717, 1.165) is 16.9 Å². The Bertz CT molecular complexity index is 1280. The third-order valence-corrected chi connectivity index (χ3v) is 6.60. The first kappa shape index (κ1) is 22.0. The highest BCUT2D eigenvalue weighted by atomic mass is 32.2. The first-order valence-electron chi connectivity index (χ1n) is 10.9. The van der Waals surface area contributed by atoms with Gasteiger partial charge in [-0.2, -0.15) is 0 Å². The van der Waals surface area contributed by atoms with Gasteiger partial charge in [0.25, 0.3) is 0 Å². The van der Waals surface area contributed by atoms with Crippen LogP contribution in [0, 0.1) is 5.82 Å². The molecule has 0 bridgehead atoms. The van der Waals surface area contributed by atoms with Crippen LogP contribution in [0.1, 0.15) is 18.5 Å². The number of hydrogen-bond acceptors (Lipinski definition) is 6. The number of thioether (sulfide) groups is 1. The molecular formula is C25H22FN5O2S. The van der Waals surface area contributed by atoms with Crippen LogP contribution in [0.5, 0.6) is 5.75 Å². The van der Waals surface area contributed by atoms with E-state index in [1.54, 1.807) is 28.9 Å². The molecule has 2 N–H and O–H groups in total. The zero-order valence-electron chi connectivity index (χ0n) is 18.3. The van der Waals surface area contributed by atoms with Gasteiger partial charge in [0.1, 0.15) is 16.8 Å². The standard InChI is InChI=1S/C25H22FN5O2S/c1-2-33-20-14-12-19(13-15-20)27-24(32)22-21(16-8-10-18(26)11-9-16)30-31-23(28-29-25(31)34-22)17-6-4-3-5-7-17/h3-15,21-22,30H,2H2,1H3,(H,27,32)/t21-,22+/m0/s1. The van der Waals surface area contributed by atoms with E-state index in [4.69, 9.17) is 4.74 Å². The number of nitrogens with zero attached hydrogens (tertiary/aromatic N) is 3. The van der Waals surface area contributed by atoms with Gasteiger partial charge in [-0.25, -0.2) is 9.07 Å². The van der Waals surface area contributed by atoms with E-state index in [1.165, 1.54) is 23.9 Å². The molecule has 1 amide bonds. The average molecular weight is 476 g/mol. The molecule has 0 unspecified atom stereocenters. The zero-order valence-corrected chi connectivity index (χ0v) is 19.1. The highest BCUT2D eigenvalue weighted by Gasteiger charge is 2.38. The number of hydrogen-bond donors (Lipinski definition) is 2. The molecule has 9 heteroatoms. The van der Waals surface area contributed by atoms with Crippen molar-refractivity contribution in [2.45, 2.75) is 23.4 Å². The summed E-state index contributed by atoms with van der Waals surface area (Å²) in [4.78, 5) is 13.4. The maximum absolute atomic E-state index is 13.6. The molecule has 3 aromatic carbocycles. The number of fused-ring (bicyclic) bond motifs is 1. The summed E-state index contributed by atoms with van der Waals surface area (Å²) in [6.45, 7) is 2.49. The molecular weight excluding hydrogens is 453 g/mol. The van der Waals surface area contributed by atoms with Crippen LogP contribution in [0.25, 0.3) is 11.4 Å². The number of benzene rings is 3. The largest absolute Gasteiger partial charge is 0.494 e. The molecule has 7 nitrogen and oxygen atoms in total. The van der Waals surface area contributed by atoms with Crippen molar-refractivity contribution in [1.82, 2.24) is 14.9 Å². The second-order valence-electron chi connectivity index (χ2n) is 7.65. The van der Waals surface area contributed by atoms with E-state index < -0.39 is 11.3 Å². The molecule has 2 atom stereocenters. The summed E-state index contributed by atoms with van der Waals surface area (Å²) in [5, 5.41) is 11.6. The number of nitrogens with one attached hydrogen (secondary N) is 2. The number of halogens is 1. The molecule has 0 saturated heterocycles. The van der Waals surface area contributed by atoms with Gasteiger partial charge in [-0.05, 0) is 48.9 Å². The molecule has 0 aliphatic carbocycles. The quantitative estimate of drug-likeness (QED) is 0.414. The lowest BCUT2D eigenvalue weighted by molar-refractivity contribution is -0.116. The van der Waals surface area contributed by atoms with Gasteiger partial charge in [0.15, 0.2) is 5.82 Å². The van der Waals surface area contributed by atoms with Crippen LogP contribution in [-0.2, 0) is 4.79 Å². The predicted octanol–water partition coefficient (Wildman–Crippen LogP) is 4.88. The summed E-state index contributed by atoms with van der Waals surface area (Å²) in [6.07, 6.45) is 0. The number of anilines is 1. The van der Waals surface area contributed by atoms with Gasteiger partial charge >= 0.3 is 0 Å². The van der Waals surface area contributed by atoms with Crippen molar-refractivity contribution in [2.75, 3.05) is 17.3 Å². The maximum Gasteiger partial charge on any atom is 0.240 e. The minimum absolute atomic E-state index is 0.202. The lowest BCUT2D eigenvalue weighted by Crippen LogP contribution is -2.41. The molecule has 1 aliphatic rings. The highest BCUT2D eigenvalue weighted by Crippen LogP contribution is 2.39. The van der Waals surface area contributed by atoms with Crippen LogP contribution in [0.3, 0.4) is 0 Å². The fraction of sp³-hybridized carbons (Fsp3) is 0.160. The van der Waals surface area contributed by atoms with Gasteiger partial charge in [-0.3, -0.25) is 4.79 Å². The van der Waals surface area contributed by atoms with E-state index in [1.807, 2.05) is 49.4 Å². The monoisotopic (exact) mass is 475 g/mol. The number of carbonyl (C=O) groups is 1. The molecule has 0 saturated carbocycles. The molecule has 0 radical (unpaired) electrons. The summed E-state index contributed by atoms with van der Waals surface area (Å²) < 4.78 is 20.9. The molecule has 2 heterocycles. The van der Waals surface area contributed by atoms with E-state index >= 15 is 0 Å². The topological polar surface area (TPSA) is 81.1 Å². The summed E-state index contributed by atoms with van der Waals surface area (Å²) in [6, 6.07) is 22.6. The smallest absolute Gasteiger partial charge is 0.240 e. The molecule has 34 heavy (non-hydrogen) atoms. The number of carbonyl (C=O) groups excluding carboxylic acids is 1. The number of rotatable bonds is 6. The van der Waals surface area contributed by atoms with Crippen LogP contribution < -0.4 is 15.5 Å². The third-order valence-electron chi connectivity index (χ3n) is 5.39. The van der Waals surface area contributed by atoms with Crippen LogP contribution in [0.15, 0.2) is 84.0 Å². The van der Waals surface area contributed by atoms with Gasteiger partial charge < -0.3 is 15.5 Å². The van der Waals surface area contributed by atoms with E-state index in [2.05, 4.69) is 20.9 Å². The Morgan fingerprint density at radius 2 is 1.79 bits per heavy atom. The number of amides is 1. The lowest BCUT2D eigenvalue weighted by atomic mass is 10.0. The Hall–Kier alpha value is -3.85. The maximum atomic E-state index is 13.6. The van der Waals surface area contributed by atoms with Gasteiger partial charge in [0, 0.05) is 11.3 Å². The van der Waals surface area contributed by atoms with Crippen molar-refractivity contribution >= 4 is 23.4 Å². The Kier molecular flexibility index (Phi) is 6.18. The van der Waals surface area contributed by atoms with Gasteiger partial charge in [0.2, 0.25) is 11.1 Å². The summed E-state index contributed by atoms with van der Waals surface area (Å²) in [7, 11) is 0.